The van der Waals surface area contributed by atoms with E-state index in [0.29, 0.717) is 6.04 Å². The van der Waals surface area contributed by atoms with Crippen LogP contribution in [0.2, 0.25) is 0 Å². The van der Waals surface area contributed by atoms with Gasteiger partial charge in [0.1, 0.15) is 5.82 Å². The Morgan fingerprint density at radius 1 is 1.29 bits per heavy atom. The molecule has 0 fully saturated rings. The summed E-state index contributed by atoms with van der Waals surface area (Å²) in [5.74, 6) is 1.16. The van der Waals surface area contributed by atoms with Crippen LogP contribution in [0.4, 0.5) is 5.69 Å². The van der Waals surface area contributed by atoms with Crippen LogP contribution in [-0.4, -0.2) is 22.1 Å². The number of rotatable bonds is 4. The van der Waals surface area contributed by atoms with E-state index in [4.69, 9.17) is 0 Å². The molecule has 1 aliphatic heterocycles. The van der Waals surface area contributed by atoms with E-state index < -0.39 is 0 Å². The van der Waals surface area contributed by atoms with Crippen molar-refractivity contribution in [3.63, 3.8) is 0 Å². The Morgan fingerprint density at radius 3 is 2.90 bits per heavy atom. The summed E-state index contributed by atoms with van der Waals surface area (Å²) in [6.07, 6.45) is 3.96. The van der Waals surface area contributed by atoms with E-state index in [1.807, 2.05) is 6.20 Å². The quantitative estimate of drug-likeness (QED) is 0.937. The molecule has 0 amide bonds. The Labute approximate surface area is 126 Å². The van der Waals surface area contributed by atoms with Crippen LogP contribution in [-0.2, 0) is 19.6 Å². The smallest absolute Gasteiger partial charge is 0.128 e. The molecule has 4 heteroatoms. The number of nitrogens with zero attached hydrogens (tertiary/aromatic N) is 3. The fourth-order valence-corrected chi connectivity index (χ4v) is 2.78. The van der Waals surface area contributed by atoms with Crippen LogP contribution >= 0.6 is 0 Å². The van der Waals surface area contributed by atoms with Crippen LogP contribution in [0, 0.1) is 6.92 Å². The maximum Gasteiger partial charge on any atom is 0.128 e. The molecule has 1 N–H and O–H groups in total. The van der Waals surface area contributed by atoms with Crippen molar-refractivity contribution in [3.05, 3.63) is 47.5 Å². The van der Waals surface area contributed by atoms with Crippen molar-refractivity contribution in [2.45, 2.75) is 46.4 Å². The standard InChI is InChI=1S/C17H24N4/c1-13(2)19-11-15-4-5-16(10-14(15)3)21-9-8-20-7-6-18-17(20)12-21/h4-7,10,13,19H,8-9,11-12H2,1-3H3. The Kier molecular flexibility index (Phi) is 3.97. The average Bonchev–Trinajstić information content (AvgIpc) is 2.93. The van der Waals surface area contributed by atoms with Gasteiger partial charge in [-0.25, -0.2) is 4.98 Å². The first-order chi connectivity index (χ1) is 10.1. The molecule has 0 unspecified atom stereocenters. The van der Waals surface area contributed by atoms with E-state index in [9.17, 15) is 0 Å². The van der Waals surface area contributed by atoms with Crippen LogP contribution in [0.5, 0.6) is 0 Å². The Bertz CT molecular complexity index is 615. The van der Waals surface area contributed by atoms with Gasteiger partial charge in [0.2, 0.25) is 0 Å². The molecular formula is C17H24N4. The zero-order valence-corrected chi connectivity index (χ0v) is 13.1. The van der Waals surface area contributed by atoms with Gasteiger partial charge in [0, 0.05) is 43.8 Å². The van der Waals surface area contributed by atoms with Crippen LogP contribution in [0.3, 0.4) is 0 Å². The highest BCUT2D eigenvalue weighted by atomic mass is 15.2. The van der Waals surface area contributed by atoms with Crippen LogP contribution in [0.1, 0.15) is 30.8 Å². The van der Waals surface area contributed by atoms with Gasteiger partial charge in [-0.3, -0.25) is 0 Å². The van der Waals surface area contributed by atoms with Gasteiger partial charge >= 0.3 is 0 Å². The lowest BCUT2D eigenvalue weighted by Gasteiger charge is -2.30. The average molecular weight is 284 g/mol. The first kappa shape index (κ1) is 14.1. The summed E-state index contributed by atoms with van der Waals surface area (Å²) in [5.41, 5.74) is 4.04. The molecule has 0 spiro atoms. The molecule has 0 saturated heterocycles. The van der Waals surface area contributed by atoms with E-state index in [1.165, 1.54) is 16.8 Å². The number of hydrogen-bond donors (Lipinski definition) is 1. The van der Waals surface area contributed by atoms with Gasteiger partial charge in [-0.1, -0.05) is 19.9 Å². The van der Waals surface area contributed by atoms with Gasteiger partial charge < -0.3 is 14.8 Å². The molecule has 112 valence electrons. The first-order valence-corrected chi connectivity index (χ1v) is 7.71. The van der Waals surface area contributed by atoms with Crippen molar-refractivity contribution in [1.82, 2.24) is 14.9 Å². The predicted molar refractivity (Wildman–Crippen MR) is 86.4 cm³/mol. The molecule has 0 radical (unpaired) electrons. The van der Waals surface area contributed by atoms with Gasteiger partial charge in [0.25, 0.3) is 0 Å². The first-order valence-electron chi connectivity index (χ1n) is 7.71. The molecule has 1 aliphatic rings. The molecule has 2 aromatic rings. The zero-order valence-electron chi connectivity index (χ0n) is 13.1. The normalized spacial score (nSPS) is 14.6. The minimum Gasteiger partial charge on any atom is -0.362 e. The van der Waals surface area contributed by atoms with Crippen molar-refractivity contribution >= 4 is 5.69 Å². The SMILES string of the molecule is Cc1cc(N2CCn3ccnc3C2)ccc1CNC(C)C. The van der Waals surface area contributed by atoms with Crippen LogP contribution in [0.15, 0.2) is 30.6 Å². The number of anilines is 1. The molecule has 2 heterocycles. The molecule has 4 nitrogen and oxygen atoms in total. The van der Waals surface area contributed by atoms with E-state index in [2.05, 4.69) is 64.9 Å². The third kappa shape index (κ3) is 3.10. The van der Waals surface area contributed by atoms with Crippen molar-refractivity contribution in [2.24, 2.45) is 0 Å². The fraction of sp³-hybridized carbons (Fsp3) is 0.471. The zero-order chi connectivity index (χ0) is 14.8. The second kappa shape index (κ2) is 5.90. The summed E-state index contributed by atoms with van der Waals surface area (Å²) in [6, 6.07) is 7.31. The highest BCUT2D eigenvalue weighted by Crippen LogP contribution is 2.23. The predicted octanol–water partition coefficient (Wildman–Crippen LogP) is 2.71. The third-order valence-corrected chi connectivity index (χ3v) is 4.14. The highest BCUT2D eigenvalue weighted by molar-refractivity contribution is 5.51. The molecule has 1 aromatic heterocycles. The molecule has 21 heavy (non-hydrogen) atoms. The minimum atomic E-state index is 0.519. The maximum absolute atomic E-state index is 4.43. The molecule has 1 aromatic carbocycles. The fourth-order valence-electron chi connectivity index (χ4n) is 2.78. The Hall–Kier alpha value is -1.81. The van der Waals surface area contributed by atoms with E-state index in [1.54, 1.807) is 0 Å². The number of benzene rings is 1. The number of hydrogen-bond acceptors (Lipinski definition) is 3. The summed E-state index contributed by atoms with van der Waals surface area (Å²) in [5, 5.41) is 3.48. The number of aryl methyl sites for hydroxylation is 1. The van der Waals surface area contributed by atoms with Crippen LogP contribution in [0.25, 0.3) is 0 Å². The third-order valence-electron chi connectivity index (χ3n) is 4.14. The minimum absolute atomic E-state index is 0.519. The van der Waals surface area contributed by atoms with Gasteiger partial charge in [0.05, 0.1) is 6.54 Å². The number of fused-ring (bicyclic) bond motifs is 1. The summed E-state index contributed by atoms with van der Waals surface area (Å²) < 4.78 is 2.24. The topological polar surface area (TPSA) is 33.1 Å². The highest BCUT2D eigenvalue weighted by Gasteiger charge is 2.17. The van der Waals surface area contributed by atoms with Crippen LogP contribution < -0.4 is 10.2 Å². The second-order valence-corrected chi connectivity index (χ2v) is 6.10. The Morgan fingerprint density at radius 2 is 2.14 bits per heavy atom. The lowest BCUT2D eigenvalue weighted by atomic mass is 10.1. The number of aromatic nitrogens is 2. The lowest BCUT2D eigenvalue weighted by molar-refractivity contribution is 0.559. The lowest BCUT2D eigenvalue weighted by Crippen LogP contribution is -2.33. The Balaban J connectivity index is 1.73. The number of nitrogens with one attached hydrogen (secondary N) is 1. The molecule has 0 aliphatic carbocycles. The van der Waals surface area contributed by atoms with E-state index in [-0.39, 0.29) is 0 Å². The summed E-state index contributed by atoms with van der Waals surface area (Å²) >= 11 is 0. The van der Waals surface area contributed by atoms with Gasteiger partial charge in [-0.05, 0) is 30.2 Å². The number of imidazole rings is 1. The summed E-state index contributed by atoms with van der Waals surface area (Å²) in [4.78, 5) is 6.84. The summed E-state index contributed by atoms with van der Waals surface area (Å²) in [6.45, 7) is 10.5. The van der Waals surface area contributed by atoms with Crippen molar-refractivity contribution in [2.75, 3.05) is 11.4 Å². The van der Waals surface area contributed by atoms with Gasteiger partial charge in [-0.15, -0.1) is 0 Å². The van der Waals surface area contributed by atoms with E-state index in [0.717, 1.165) is 32.0 Å². The maximum atomic E-state index is 4.43. The molecule has 0 bridgehead atoms. The van der Waals surface area contributed by atoms with Gasteiger partial charge in [-0.2, -0.15) is 0 Å². The second-order valence-electron chi connectivity index (χ2n) is 6.10. The monoisotopic (exact) mass is 284 g/mol. The van der Waals surface area contributed by atoms with Crippen molar-refractivity contribution in [3.8, 4) is 0 Å². The van der Waals surface area contributed by atoms with Crippen molar-refractivity contribution < 1.29 is 0 Å². The largest absolute Gasteiger partial charge is 0.362 e. The van der Waals surface area contributed by atoms with Gasteiger partial charge in [0.15, 0.2) is 0 Å². The molecule has 3 rings (SSSR count). The van der Waals surface area contributed by atoms with E-state index >= 15 is 0 Å². The van der Waals surface area contributed by atoms with Crippen molar-refractivity contribution in [1.29, 1.82) is 0 Å². The molecular weight excluding hydrogens is 260 g/mol. The molecule has 0 saturated carbocycles. The molecule has 0 atom stereocenters. The summed E-state index contributed by atoms with van der Waals surface area (Å²) in [7, 11) is 0.